The number of likely N-dealkylation sites (tertiary alicyclic amines) is 1. The van der Waals surface area contributed by atoms with Crippen LogP contribution in [0.4, 0.5) is 0 Å². The lowest BCUT2D eigenvalue weighted by molar-refractivity contribution is -0.147. The smallest absolute Gasteiger partial charge is 0.294 e. The van der Waals surface area contributed by atoms with E-state index >= 15 is 0 Å². The van der Waals surface area contributed by atoms with E-state index < -0.39 is 0 Å². The third-order valence-corrected chi connectivity index (χ3v) is 1.86. The largest absolute Gasteiger partial charge is 0.449 e. The third-order valence-electron chi connectivity index (χ3n) is 1.86. The van der Waals surface area contributed by atoms with Crippen LogP contribution < -0.4 is 0 Å². The van der Waals surface area contributed by atoms with E-state index in [0.717, 1.165) is 19.5 Å². The van der Waals surface area contributed by atoms with Crippen molar-refractivity contribution < 1.29 is 9.53 Å². The number of ether oxygens (including phenoxy) is 1. The van der Waals surface area contributed by atoms with E-state index in [1.54, 1.807) is 0 Å². The van der Waals surface area contributed by atoms with Gasteiger partial charge in [0, 0.05) is 13.1 Å². The molecule has 0 radical (unpaired) electrons. The molecule has 1 heterocycles. The Morgan fingerprint density at radius 3 is 2.70 bits per heavy atom. The van der Waals surface area contributed by atoms with Gasteiger partial charge in [-0.1, -0.05) is 6.92 Å². The van der Waals surface area contributed by atoms with Crippen molar-refractivity contribution in [1.82, 2.24) is 4.90 Å². The molecule has 0 aromatic heterocycles. The first kappa shape index (κ1) is 7.54. The topological polar surface area (TPSA) is 29.5 Å². The first-order valence-electron chi connectivity index (χ1n) is 3.71. The maximum atomic E-state index is 9.97. The molecule has 0 aromatic rings. The summed E-state index contributed by atoms with van der Waals surface area (Å²) < 4.78 is 4.84. The van der Waals surface area contributed by atoms with Gasteiger partial charge in [0.2, 0.25) is 0 Å². The molecule has 0 aliphatic carbocycles. The standard InChI is InChI=1S/C7H13NO2/c1-2-7(10-6-9)8-4-3-5-8/h6-7H,2-5H2,1H3. The first-order valence-corrected chi connectivity index (χ1v) is 3.71. The van der Waals surface area contributed by atoms with Crippen molar-refractivity contribution in [1.29, 1.82) is 0 Å². The molecule has 1 fully saturated rings. The molecule has 0 saturated carbocycles. The van der Waals surface area contributed by atoms with Crippen molar-refractivity contribution in [3.63, 3.8) is 0 Å². The zero-order valence-corrected chi connectivity index (χ0v) is 6.25. The molecule has 1 aliphatic heterocycles. The maximum Gasteiger partial charge on any atom is 0.294 e. The van der Waals surface area contributed by atoms with Gasteiger partial charge in [-0.05, 0) is 12.8 Å². The Labute approximate surface area is 61.0 Å². The number of nitrogens with zero attached hydrogens (tertiary/aromatic N) is 1. The molecule has 3 nitrogen and oxygen atoms in total. The van der Waals surface area contributed by atoms with E-state index in [1.807, 2.05) is 6.92 Å². The maximum absolute atomic E-state index is 9.97. The molecular formula is C7H13NO2. The Balaban J connectivity index is 2.23. The van der Waals surface area contributed by atoms with Crippen molar-refractivity contribution in [2.75, 3.05) is 13.1 Å². The van der Waals surface area contributed by atoms with Gasteiger partial charge >= 0.3 is 0 Å². The summed E-state index contributed by atoms with van der Waals surface area (Å²) in [7, 11) is 0. The summed E-state index contributed by atoms with van der Waals surface area (Å²) in [6.45, 7) is 4.71. The predicted molar refractivity (Wildman–Crippen MR) is 37.4 cm³/mol. The van der Waals surface area contributed by atoms with Crippen LogP contribution in [0.1, 0.15) is 19.8 Å². The van der Waals surface area contributed by atoms with E-state index in [4.69, 9.17) is 4.74 Å². The highest BCUT2D eigenvalue weighted by Gasteiger charge is 2.22. The summed E-state index contributed by atoms with van der Waals surface area (Å²) in [4.78, 5) is 12.1. The fourth-order valence-corrected chi connectivity index (χ4v) is 1.13. The summed E-state index contributed by atoms with van der Waals surface area (Å²) in [6, 6.07) is 0. The third kappa shape index (κ3) is 1.48. The molecule has 10 heavy (non-hydrogen) atoms. The second-order valence-electron chi connectivity index (χ2n) is 2.48. The highest BCUT2D eigenvalue weighted by Crippen LogP contribution is 2.13. The van der Waals surface area contributed by atoms with Crippen molar-refractivity contribution in [2.24, 2.45) is 0 Å². The fraction of sp³-hybridized carbons (Fsp3) is 0.857. The zero-order chi connectivity index (χ0) is 7.40. The molecule has 0 aromatic carbocycles. The van der Waals surface area contributed by atoms with Gasteiger partial charge < -0.3 is 4.74 Å². The van der Waals surface area contributed by atoms with Crippen LogP contribution in [0.5, 0.6) is 0 Å². The lowest BCUT2D eigenvalue weighted by Gasteiger charge is -2.36. The quantitative estimate of drug-likeness (QED) is 0.540. The van der Waals surface area contributed by atoms with Crippen LogP contribution in [-0.2, 0) is 9.53 Å². The lowest BCUT2D eigenvalue weighted by atomic mass is 10.2. The molecule has 0 spiro atoms. The minimum atomic E-state index is 0.0336. The number of hydrogen-bond donors (Lipinski definition) is 0. The SMILES string of the molecule is CCC(OC=O)N1CCC1. The van der Waals surface area contributed by atoms with Gasteiger partial charge in [0.05, 0.1) is 0 Å². The Morgan fingerprint density at radius 1 is 1.70 bits per heavy atom. The Hall–Kier alpha value is -0.570. The molecule has 3 heteroatoms. The molecular weight excluding hydrogens is 130 g/mol. The van der Waals surface area contributed by atoms with Gasteiger partial charge in [-0.2, -0.15) is 0 Å². The van der Waals surface area contributed by atoms with Gasteiger partial charge in [-0.3, -0.25) is 9.69 Å². The second-order valence-corrected chi connectivity index (χ2v) is 2.48. The predicted octanol–water partition coefficient (Wildman–Crippen LogP) is 0.601. The van der Waals surface area contributed by atoms with Crippen molar-refractivity contribution in [3.05, 3.63) is 0 Å². The fourth-order valence-electron chi connectivity index (χ4n) is 1.13. The van der Waals surface area contributed by atoms with Crippen LogP contribution in [0, 0.1) is 0 Å². The van der Waals surface area contributed by atoms with Gasteiger partial charge in [0.15, 0.2) is 6.23 Å². The molecule has 58 valence electrons. The van der Waals surface area contributed by atoms with Crippen molar-refractivity contribution >= 4 is 6.47 Å². The van der Waals surface area contributed by atoms with Gasteiger partial charge in [0.1, 0.15) is 0 Å². The lowest BCUT2D eigenvalue weighted by Crippen LogP contribution is -2.45. The Bertz CT molecular complexity index is 112. The first-order chi connectivity index (χ1) is 4.88. The summed E-state index contributed by atoms with van der Waals surface area (Å²) in [6.07, 6.45) is 2.16. The van der Waals surface area contributed by atoms with Crippen LogP contribution in [0.2, 0.25) is 0 Å². The zero-order valence-electron chi connectivity index (χ0n) is 6.25. The molecule has 0 amide bonds. The highest BCUT2D eigenvalue weighted by atomic mass is 16.5. The molecule has 1 unspecified atom stereocenters. The normalized spacial score (nSPS) is 21.3. The monoisotopic (exact) mass is 143 g/mol. The van der Waals surface area contributed by atoms with Crippen LogP contribution in [-0.4, -0.2) is 30.7 Å². The second kappa shape index (κ2) is 3.56. The summed E-state index contributed by atoms with van der Waals surface area (Å²) >= 11 is 0. The van der Waals surface area contributed by atoms with E-state index in [9.17, 15) is 4.79 Å². The molecule has 1 saturated heterocycles. The average molecular weight is 143 g/mol. The molecule has 1 rings (SSSR count). The van der Waals surface area contributed by atoms with Gasteiger partial charge in [-0.15, -0.1) is 0 Å². The number of carbonyl (C=O) groups excluding carboxylic acids is 1. The average Bonchev–Trinajstić information content (AvgIpc) is 1.83. The highest BCUT2D eigenvalue weighted by molar-refractivity contribution is 5.37. The van der Waals surface area contributed by atoms with E-state index in [1.165, 1.54) is 6.42 Å². The molecule has 0 bridgehead atoms. The Kier molecular flexibility index (Phi) is 2.68. The van der Waals surface area contributed by atoms with E-state index in [2.05, 4.69) is 4.90 Å². The van der Waals surface area contributed by atoms with E-state index in [0.29, 0.717) is 6.47 Å². The minimum Gasteiger partial charge on any atom is -0.449 e. The van der Waals surface area contributed by atoms with Crippen LogP contribution in [0.3, 0.4) is 0 Å². The summed E-state index contributed by atoms with van der Waals surface area (Å²) in [5.74, 6) is 0. The van der Waals surface area contributed by atoms with Crippen LogP contribution in [0.25, 0.3) is 0 Å². The Morgan fingerprint density at radius 2 is 2.40 bits per heavy atom. The molecule has 1 aliphatic rings. The van der Waals surface area contributed by atoms with Gasteiger partial charge in [0.25, 0.3) is 6.47 Å². The van der Waals surface area contributed by atoms with Gasteiger partial charge in [-0.25, -0.2) is 0 Å². The molecule has 0 N–H and O–H groups in total. The summed E-state index contributed by atoms with van der Waals surface area (Å²) in [5, 5.41) is 0. The number of hydrogen-bond acceptors (Lipinski definition) is 3. The van der Waals surface area contributed by atoms with Crippen molar-refractivity contribution in [3.8, 4) is 0 Å². The number of carbonyl (C=O) groups is 1. The van der Waals surface area contributed by atoms with E-state index in [-0.39, 0.29) is 6.23 Å². The van der Waals surface area contributed by atoms with Crippen LogP contribution >= 0.6 is 0 Å². The van der Waals surface area contributed by atoms with Crippen molar-refractivity contribution in [2.45, 2.75) is 26.0 Å². The number of rotatable bonds is 4. The van der Waals surface area contributed by atoms with Crippen LogP contribution in [0.15, 0.2) is 0 Å². The minimum absolute atomic E-state index is 0.0336. The molecule has 1 atom stereocenters. The summed E-state index contributed by atoms with van der Waals surface area (Å²) in [5.41, 5.74) is 0.